The third-order valence-electron chi connectivity index (χ3n) is 4.06. The fourth-order valence-electron chi connectivity index (χ4n) is 2.46. The summed E-state index contributed by atoms with van der Waals surface area (Å²) in [5, 5.41) is 0.425. The van der Waals surface area contributed by atoms with Crippen LogP contribution in [0.3, 0.4) is 0 Å². The minimum atomic E-state index is -3.75. The molecule has 6 nitrogen and oxygen atoms in total. The van der Waals surface area contributed by atoms with Crippen LogP contribution in [0.4, 0.5) is 0 Å². The zero-order valence-corrected chi connectivity index (χ0v) is 15.9. The van der Waals surface area contributed by atoms with Gasteiger partial charge in [0.2, 0.25) is 15.9 Å². The van der Waals surface area contributed by atoms with Crippen molar-refractivity contribution in [3.63, 3.8) is 0 Å². The summed E-state index contributed by atoms with van der Waals surface area (Å²) in [6.45, 7) is 4.76. The van der Waals surface area contributed by atoms with Gasteiger partial charge in [-0.1, -0.05) is 37.0 Å². The van der Waals surface area contributed by atoms with Crippen LogP contribution in [-0.2, 0) is 14.8 Å². The van der Waals surface area contributed by atoms with Crippen LogP contribution in [0.5, 0.6) is 0 Å². The summed E-state index contributed by atoms with van der Waals surface area (Å²) in [4.78, 5) is 13.8. The maximum Gasteiger partial charge on any atom is 0.244 e. The van der Waals surface area contributed by atoms with Crippen LogP contribution in [0.1, 0.15) is 13.8 Å². The van der Waals surface area contributed by atoms with Gasteiger partial charge in [0, 0.05) is 31.2 Å². The first-order valence-corrected chi connectivity index (χ1v) is 9.83. The summed E-state index contributed by atoms with van der Waals surface area (Å²) in [5.41, 5.74) is 5.88. The smallest absolute Gasteiger partial charge is 0.244 e. The van der Waals surface area contributed by atoms with Crippen LogP contribution in [-0.4, -0.2) is 55.8 Å². The Bertz CT molecular complexity index is 717. The van der Waals surface area contributed by atoms with Crippen molar-refractivity contribution in [2.24, 2.45) is 11.7 Å². The van der Waals surface area contributed by atoms with Gasteiger partial charge in [0.15, 0.2) is 0 Å². The van der Waals surface area contributed by atoms with Crippen molar-refractivity contribution in [3.8, 4) is 0 Å². The summed E-state index contributed by atoms with van der Waals surface area (Å²) in [7, 11) is -3.75. The number of sulfonamides is 1. The van der Waals surface area contributed by atoms with Crippen LogP contribution >= 0.6 is 23.2 Å². The molecule has 24 heavy (non-hydrogen) atoms. The normalized spacial score (nSPS) is 18.0. The van der Waals surface area contributed by atoms with E-state index < -0.39 is 16.1 Å². The number of rotatable bonds is 4. The van der Waals surface area contributed by atoms with E-state index in [1.807, 2.05) is 13.8 Å². The molecular weight excluding hydrogens is 373 g/mol. The Labute approximate surface area is 152 Å². The van der Waals surface area contributed by atoms with Crippen molar-refractivity contribution in [1.29, 1.82) is 0 Å². The fraction of sp³-hybridized carbons (Fsp3) is 0.533. The molecule has 1 aromatic carbocycles. The van der Waals surface area contributed by atoms with Crippen LogP contribution < -0.4 is 5.73 Å². The molecule has 1 heterocycles. The Balaban J connectivity index is 2.11. The quantitative estimate of drug-likeness (QED) is 0.844. The summed E-state index contributed by atoms with van der Waals surface area (Å²) >= 11 is 11.9. The lowest BCUT2D eigenvalue weighted by Gasteiger charge is -2.35. The highest BCUT2D eigenvalue weighted by molar-refractivity contribution is 7.89. The lowest BCUT2D eigenvalue weighted by Crippen LogP contribution is -2.55. The summed E-state index contributed by atoms with van der Waals surface area (Å²) < 4.78 is 26.8. The number of piperazine rings is 1. The summed E-state index contributed by atoms with van der Waals surface area (Å²) in [6, 6.07) is 3.76. The number of hydrogen-bond donors (Lipinski definition) is 1. The number of amides is 1. The molecule has 1 saturated heterocycles. The molecule has 9 heteroatoms. The van der Waals surface area contributed by atoms with E-state index in [9.17, 15) is 13.2 Å². The number of hydrogen-bond acceptors (Lipinski definition) is 4. The molecule has 1 aliphatic rings. The molecule has 0 spiro atoms. The van der Waals surface area contributed by atoms with Crippen molar-refractivity contribution < 1.29 is 13.2 Å². The van der Waals surface area contributed by atoms with Gasteiger partial charge < -0.3 is 10.6 Å². The predicted octanol–water partition coefficient (Wildman–Crippen LogP) is 1.81. The average molecular weight is 394 g/mol. The molecule has 0 unspecified atom stereocenters. The maximum absolute atomic E-state index is 12.7. The van der Waals surface area contributed by atoms with E-state index in [0.29, 0.717) is 18.1 Å². The van der Waals surface area contributed by atoms with Crippen molar-refractivity contribution >= 4 is 39.1 Å². The molecule has 1 aromatic rings. The van der Waals surface area contributed by atoms with Crippen LogP contribution in [0.2, 0.25) is 10.0 Å². The molecule has 134 valence electrons. The summed E-state index contributed by atoms with van der Waals surface area (Å²) in [6.07, 6.45) is 0. The Hall–Kier alpha value is -0.860. The molecule has 1 amide bonds. The minimum absolute atomic E-state index is 0.0182. The van der Waals surface area contributed by atoms with E-state index in [4.69, 9.17) is 28.9 Å². The lowest BCUT2D eigenvalue weighted by atomic mass is 10.0. The summed E-state index contributed by atoms with van der Waals surface area (Å²) in [5.74, 6) is -0.118. The van der Waals surface area contributed by atoms with Gasteiger partial charge in [-0.25, -0.2) is 8.42 Å². The average Bonchev–Trinajstić information content (AvgIpc) is 2.55. The van der Waals surface area contributed by atoms with Crippen LogP contribution in [0.25, 0.3) is 0 Å². The number of carbonyl (C=O) groups is 1. The zero-order valence-electron chi connectivity index (χ0n) is 13.6. The second-order valence-electron chi connectivity index (χ2n) is 6.07. The Morgan fingerprint density at radius 3 is 2.29 bits per heavy atom. The molecule has 0 aliphatic carbocycles. The second-order valence-corrected chi connectivity index (χ2v) is 8.82. The third kappa shape index (κ3) is 4.03. The highest BCUT2D eigenvalue weighted by Gasteiger charge is 2.33. The predicted molar refractivity (Wildman–Crippen MR) is 94.6 cm³/mol. The topological polar surface area (TPSA) is 83.7 Å². The number of halogens is 2. The van der Waals surface area contributed by atoms with Gasteiger partial charge in [0.1, 0.15) is 4.90 Å². The molecule has 2 N–H and O–H groups in total. The Morgan fingerprint density at radius 2 is 1.75 bits per heavy atom. The molecule has 2 rings (SSSR count). The van der Waals surface area contributed by atoms with Crippen molar-refractivity contribution in [3.05, 3.63) is 28.2 Å². The van der Waals surface area contributed by atoms with Gasteiger partial charge in [0.05, 0.1) is 11.1 Å². The van der Waals surface area contributed by atoms with Gasteiger partial charge in [-0.3, -0.25) is 4.79 Å². The standard InChI is InChI=1S/C15H21Cl2N3O3S/c1-10(2)14(18)15(21)19-5-7-20(8-6-19)24(22,23)13-9-11(16)3-4-12(13)17/h3-4,9-10,14H,5-8,18H2,1-2H3/t14-/m0/s1. The first-order chi connectivity index (χ1) is 11.1. The van der Waals surface area contributed by atoms with Gasteiger partial charge in [-0.05, 0) is 24.1 Å². The van der Waals surface area contributed by atoms with E-state index in [0.717, 1.165) is 0 Å². The van der Waals surface area contributed by atoms with Gasteiger partial charge in [-0.15, -0.1) is 0 Å². The monoisotopic (exact) mass is 393 g/mol. The SMILES string of the molecule is CC(C)[C@H](N)C(=O)N1CCN(S(=O)(=O)c2cc(Cl)ccc2Cl)CC1. The van der Waals surface area contributed by atoms with Gasteiger partial charge in [-0.2, -0.15) is 4.31 Å². The van der Waals surface area contributed by atoms with Crippen molar-refractivity contribution in [1.82, 2.24) is 9.21 Å². The van der Waals surface area contributed by atoms with E-state index in [2.05, 4.69) is 0 Å². The Morgan fingerprint density at radius 1 is 1.17 bits per heavy atom. The number of benzene rings is 1. The molecule has 1 fully saturated rings. The lowest BCUT2D eigenvalue weighted by molar-refractivity contribution is -0.134. The van der Waals surface area contributed by atoms with E-state index >= 15 is 0 Å². The minimum Gasteiger partial charge on any atom is -0.339 e. The molecule has 1 aliphatic heterocycles. The number of nitrogens with two attached hydrogens (primary N) is 1. The first-order valence-electron chi connectivity index (χ1n) is 7.64. The third-order valence-corrected chi connectivity index (χ3v) is 6.68. The molecular formula is C15H21Cl2N3O3S. The Kier molecular flexibility index (Phi) is 6.14. The largest absolute Gasteiger partial charge is 0.339 e. The molecule has 0 aromatic heterocycles. The molecule has 1 atom stereocenters. The van der Waals surface area contributed by atoms with Gasteiger partial charge in [0.25, 0.3) is 0 Å². The fourth-order valence-corrected chi connectivity index (χ4v) is 4.62. The highest BCUT2D eigenvalue weighted by atomic mass is 35.5. The van der Waals surface area contributed by atoms with E-state index in [1.54, 1.807) is 4.90 Å². The molecule has 0 bridgehead atoms. The maximum atomic E-state index is 12.7. The first kappa shape index (κ1) is 19.5. The molecule has 0 saturated carbocycles. The van der Waals surface area contributed by atoms with Crippen molar-refractivity contribution in [2.45, 2.75) is 24.8 Å². The zero-order chi connectivity index (χ0) is 18.1. The number of carbonyl (C=O) groups excluding carboxylic acids is 1. The van der Waals surface area contributed by atoms with Crippen LogP contribution in [0, 0.1) is 5.92 Å². The highest BCUT2D eigenvalue weighted by Crippen LogP contribution is 2.28. The van der Waals surface area contributed by atoms with Gasteiger partial charge >= 0.3 is 0 Å². The second kappa shape index (κ2) is 7.58. The van der Waals surface area contributed by atoms with E-state index in [-0.39, 0.29) is 34.8 Å². The molecule has 0 radical (unpaired) electrons. The number of nitrogens with zero attached hydrogens (tertiary/aromatic N) is 2. The van der Waals surface area contributed by atoms with Crippen molar-refractivity contribution in [2.75, 3.05) is 26.2 Å². The van der Waals surface area contributed by atoms with Crippen LogP contribution in [0.15, 0.2) is 23.1 Å². The van der Waals surface area contributed by atoms with E-state index in [1.165, 1.54) is 22.5 Å².